The van der Waals surface area contributed by atoms with Crippen LogP contribution in [0.15, 0.2) is 24.3 Å². The maximum Gasteiger partial charge on any atom is 0.184 e. The third kappa shape index (κ3) is 7.09. The van der Waals surface area contributed by atoms with Gasteiger partial charge in [-0.2, -0.15) is 0 Å². The van der Waals surface area contributed by atoms with Gasteiger partial charge in [0.25, 0.3) is 0 Å². The molecule has 33 heavy (non-hydrogen) atoms. The van der Waals surface area contributed by atoms with Gasteiger partial charge in [-0.15, -0.1) is 0 Å². The van der Waals surface area contributed by atoms with Gasteiger partial charge in [-0.1, -0.05) is 33.8 Å². The molecule has 1 aliphatic carbocycles. The van der Waals surface area contributed by atoms with Crippen molar-refractivity contribution in [1.29, 1.82) is 0 Å². The number of benzene rings is 2. The predicted octanol–water partition coefficient (Wildman–Crippen LogP) is 5.27. The van der Waals surface area contributed by atoms with Gasteiger partial charge in [0.15, 0.2) is 11.6 Å². The first-order chi connectivity index (χ1) is 15.7. The average Bonchev–Trinajstić information content (AvgIpc) is 3.59. The van der Waals surface area contributed by atoms with E-state index in [1.165, 1.54) is 12.1 Å². The zero-order valence-electron chi connectivity index (χ0n) is 19.5. The van der Waals surface area contributed by atoms with Gasteiger partial charge in [-0.25, -0.2) is 17.4 Å². The van der Waals surface area contributed by atoms with Crippen LogP contribution in [-0.2, 0) is 11.0 Å². The first-order valence-corrected chi connectivity index (χ1v) is 12.0. The molecule has 10 heteroatoms. The number of aromatic hydroxyl groups is 1. The molecule has 186 valence electrons. The van der Waals surface area contributed by atoms with Crippen LogP contribution in [0, 0.1) is 24.4 Å². The SMILES string of the molecule is CC.CC.Cc1ccc(Nc2c(F)c(F)cc(O)c2NS(=O)C2(CC(O)CO)CC2)c(F)c1. The Labute approximate surface area is 195 Å². The summed E-state index contributed by atoms with van der Waals surface area (Å²) in [4.78, 5) is 0. The van der Waals surface area contributed by atoms with Gasteiger partial charge < -0.3 is 20.6 Å². The van der Waals surface area contributed by atoms with Crippen LogP contribution in [0.1, 0.15) is 52.5 Å². The van der Waals surface area contributed by atoms with E-state index in [2.05, 4.69) is 10.0 Å². The number of aliphatic hydroxyl groups excluding tert-OH is 2. The second-order valence-electron chi connectivity index (χ2n) is 7.14. The molecule has 0 spiro atoms. The molecule has 5 N–H and O–H groups in total. The molecule has 1 fully saturated rings. The molecular formula is C23H33F3N2O4S. The highest BCUT2D eigenvalue weighted by Gasteiger charge is 2.50. The minimum atomic E-state index is -1.90. The van der Waals surface area contributed by atoms with E-state index >= 15 is 0 Å². The zero-order chi connectivity index (χ0) is 25.3. The lowest BCUT2D eigenvalue weighted by Crippen LogP contribution is -2.30. The van der Waals surface area contributed by atoms with Crippen LogP contribution in [-0.4, -0.2) is 37.0 Å². The Balaban J connectivity index is 0.00000129. The summed E-state index contributed by atoms with van der Waals surface area (Å²) in [5.74, 6) is -4.19. The van der Waals surface area contributed by atoms with Gasteiger partial charge in [0.05, 0.1) is 23.1 Å². The lowest BCUT2D eigenvalue weighted by Gasteiger charge is -2.21. The number of hydrogen-bond acceptors (Lipinski definition) is 5. The van der Waals surface area contributed by atoms with E-state index in [0.29, 0.717) is 24.5 Å². The van der Waals surface area contributed by atoms with E-state index in [4.69, 9.17) is 5.11 Å². The van der Waals surface area contributed by atoms with Crippen LogP contribution in [0.3, 0.4) is 0 Å². The summed E-state index contributed by atoms with van der Waals surface area (Å²) < 4.78 is 56.9. The normalized spacial score (nSPS) is 15.2. The van der Waals surface area contributed by atoms with Crippen molar-refractivity contribution >= 4 is 28.0 Å². The maximum atomic E-state index is 14.5. The number of aryl methyl sites for hydroxylation is 1. The van der Waals surface area contributed by atoms with Crippen LogP contribution in [0.4, 0.5) is 30.2 Å². The van der Waals surface area contributed by atoms with E-state index in [0.717, 1.165) is 0 Å². The summed E-state index contributed by atoms with van der Waals surface area (Å²) in [5.41, 5.74) is -0.539. The van der Waals surface area contributed by atoms with Crippen molar-refractivity contribution in [2.75, 3.05) is 16.6 Å². The number of rotatable bonds is 8. The topological polar surface area (TPSA) is 102 Å². The number of phenolic OH excluding ortho intramolecular Hbond substituents is 1. The molecule has 6 nitrogen and oxygen atoms in total. The average molecular weight is 491 g/mol. The van der Waals surface area contributed by atoms with Crippen molar-refractivity contribution in [3.8, 4) is 5.75 Å². The molecular weight excluding hydrogens is 457 g/mol. The highest BCUT2D eigenvalue weighted by molar-refractivity contribution is 7.88. The molecule has 0 saturated heterocycles. The number of anilines is 3. The number of aliphatic hydroxyl groups is 2. The highest BCUT2D eigenvalue weighted by atomic mass is 32.2. The Morgan fingerprint density at radius 1 is 1.06 bits per heavy atom. The molecule has 3 rings (SSSR count). The summed E-state index contributed by atoms with van der Waals surface area (Å²) in [6.07, 6.45) is -0.100. The van der Waals surface area contributed by atoms with Crippen LogP contribution in [0.25, 0.3) is 0 Å². The van der Waals surface area contributed by atoms with E-state index < -0.39 is 63.0 Å². The smallest absolute Gasteiger partial charge is 0.184 e. The minimum Gasteiger partial charge on any atom is -0.506 e. The van der Waals surface area contributed by atoms with E-state index in [9.17, 15) is 27.6 Å². The van der Waals surface area contributed by atoms with E-state index in [1.54, 1.807) is 13.0 Å². The van der Waals surface area contributed by atoms with Gasteiger partial charge in [-0.3, -0.25) is 4.72 Å². The highest BCUT2D eigenvalue weighted by Crippen LogP contribution is 2.47. The summed E-state index contributed by atoms with van der Waals surface area (Å²) in [5, 5.41) is 31.2. The monoisotopic (exact) mass is 490 g/mol. The molecule has 1 aliphatic rings. The molecule has 0 aromatic heterocycles. The van der Waals surface area contributed by atoms with Gasteiger partial charge in [0, 0.05) is 6.07 Å². The maximum absolute atomic E-state index is 14.5. The quantitative estimate of drug-likeness (QED) is 0.325. The van der Waals surface area contributed by atoms with Crippen LogP contribution in [0.5, 0.6) is 5.75 Å². The van der Waals surface area contributed by atoms with E-state index in [1.807, 2.05) is 27.7 Å². The first-order valence-electron chi connectivity index (χ1n) is 10.9. The van der Waals surface area contributed by atoms with Crippen LogP contribution >= 0.6 is 0 Å². The van der Waals surface area contributed by atoms with Crippen LogP contribution < -0.4 is 10.0 Å². The van der Waals surface area contributed by atoms with Crippen LogP contribution in [0.2, 0.25) is 0 Å². The first kappa shape index (κ1) is 28.7. The zero-order valence-corrected chi connectivity index (χ0v) is 20.3. The molecule has 0 bridgehead atoms. The fourth-order valence-electron chi connectivity index (χ4n) is 2.99. The van der Waals surface area contributed by atoms with Gasteiger partial charge in [0.2, 0.25) is 0 Å². The molecule has 0 radical (unpaired) electrons. The molecule has 0 aliphatic heterocycles. The lowest BCUT2D eigenvalue weighted by molar-refractivity contribution is 0.0862. The summed E-state index contributed by atoms with van der Waals surface area (Å²) in [6.45, 7) is 9.16. The molecule has 0 amide bonds. The Morgan fingerprint density at radius 3 is 2.18 bits per heavy atom. The van der Waals surface area contributed by atoms with Crippen molar-refractivity contribution < 1.29 is 32.7 Å². The Bertz CT molecular complexity index is 956. The molecule has 0 heterocycles. The van der Waals surface area contributed by atoms with Crippen molar-refractivity contribution in [3.63, 3.8) is 0 Å². The third-order valence-corrected chi connectivity index (χ3v) is 6.55. The fraction of sp³-hybridized carbons (Fsp3) is 0.478. The molecule has 2 unspecified atom stereocenters. The molecule has 1 saturated carbocycles. The fourth-order valence-corrected chi connectivity index (χ4v) is 4.41. The second kappa shape index (κ2) is 12.8. The minimum absolute atomic E-state index is 0.0307. The summed E-state index contributed by atoms with van der Waals surface area (Å²) in [6, 6.07) is 4.60. The number of hydrogen-bond donors (Lipinski definition) is 5. The Morgan fingerprint density at radius 2 is 1.67 bits per heavy atom. The molecule has 2 aromatic rings. The van der Waals surface area contributed by atoms with E-state index in [-0.39, 0.29) is 12.1 Å². The summed E-state index contributed by atoms with van der Waals surface area (Å²) in [7, 11) is -1.90. The summed E-state index contributed by atoms with van der Waals surface area (Å²) >= 11 is 0. The van der Waals surface area contributed by atoms with Gasteiger partial charge >= 0.3 is 0 Å². The largest absolute Gasteiger partial charge is 0.506 e. The predicted molar refractivity (Wildman–Crippen MR) is 127 cm³/mol. The third-order valence-electron chi connectivity index (χ3n) is 4.80. The standard InChI is InChI=1S/C19H21F3N2O4S.2C2H6/c1-10-2-3-14(12(20)6-10)23-18-16(22)13(21)7-15(27)17(18)24-29(28)19(4-5-19)8-11(26)9-25;2*1-2/h2-3,6-7,11,23-27H,4-5,8-9H2,1H3;2*1-2H3. The van der Waals surface area contributed by atoms with Gasteiger partial charge in [0.1, 0.15) is 33.9 Å². The number of nitrogens with one attached hydrogen (secondary N) is 2. The molecule has 2 aromatic carbocycles. The van der Waals surface area contributed by atoms with Crippen molar-refractivity contribution in [3.05, 3.63) is 47.3 Å². The van der Waals surface area contributed by atoms with Crippen molar-refractivity contribution in [2.24, 2.45) is 0 Å². The van der Waals surface area contributed by atoms with Gasteiger partial charge in [-0.05, 0) is 43.9 Å². The number of phenols is 1. The lowest BCUT2D eigenvalue weighted by atomic mass is 10.2. The van der Waals surface area contributed by atoms with Crippen molar-refractivity contribution in [1.82, 2.24) is 0 Å². The van der Waals surface area contributed by atoms with Crippen molar-refractivity contribution in [2.45, 2.75) is 64.7 Å². The number of halogens is 3. The Hall–Kier alpha value is -2.30. The molecule has 2 atom stereocenters. The Kier molecular flexibility index (Phi) is 11.2. The second-order valence-corrected chi connectivity index (χ2v) is 8.75.